The van der Waals surface area contributed by atoms with Gasteiger partial charge >= 0.3 is 0 Å². The van der Waals surface area contributed by atoms with Crippen molar-refractivity contribution in [2.24, 2.45) is 5.73 Å². The van der Waals surface area contributed by atoms with Crippen molar-refractivity contribution < 1.29 is 4.79 Å². The summed E-state index contributed by atoms with van der Waals surface area (Å²) in [6.45, 7) is 9.85. The molecule has 4 heteroatoms. The van der Waals surface area contributed by atoms with Crippen molar-refractivity contribution in [1.82, 2.24) is 4.90 Å². The molecule has 0 atom stereocenters. The molecule has 2 N–H and O–H groups in total. The van der Waals surface area contributed by atoms with Crippen LogP contribution in [-0.4, -0.2) is 43.5 Å². The molecule has 1 aliphatic heterocycles. The van der Waals surface area contributed by atoms with E-state index in [0.717, 1.165) is 26.2 Å². The van der Waals surface area contributed by atoms with Crippen molar-refractivity contribution in [3.8, 4) is 0 Å². The molecule has 0 radical (unpaired) electrons. The first-order valence-electron chi connectivity index (χ1n) is 6.83. The van der Waals surface area contributed by atoms with Crippen molar-refractivity contribution in [1.29, 1.82) is 0 Å². The molecule has 1 aliphatic rings. The van der Waals surface area contributed by atoms with Crippen LogP contribution in [0.15, 0.2) is 12.1 Å². The monoisotopic (exact) mass is 261 g/mol. The molecule has 0 aliphatic carbocycles. The Morgan fingerprint density at radius 3 is 2.21 bits per heavy atom. The van der Waals surface area contributed by atoms with Crippen LogP contribution in [0.4, 0.5) is 5.69 Å². The number of benzene rings is 1. The number of amides is 1. The van der Waals surface area contributed by atoms with E-state index in [1.54, 1.807) is 0 Å². The molecule has 104 valence electrons. The van der Waals surface area contributed by atoms with Crippen molar-refractivity contribution in [3.05, 3.63) is 28.8 Å². The average molecular weight is 261 g/mol. The first-order valence-corrected chi connectivity index (χ1v) is 6.83. The van der Waals surface area contributed by atoms with E-state index >= 15 is 0 Å². The second kappa shape index (κ2) is 5.61. The Morgan fingerprint density at radius 2 is 1.63 bits per heavy atom. The number of hydrogen-bond donors (Lipinski definition) is 1. The first kappa shape index (κ1) is 13.9. The van der Waals surface area contributed by atoms with E-state index in [-0.39, 0.29) is 12.5 Å². The van der Waals surface area contributed by atoms with Crippen LogP contribution in [0.5, 0.6) is 0 Å². The van der Waals surface area contributed by atoms with Gasteiger partial charge in [-0.2, -0.15) is 0 Å². The predicted octanol–water partition coefficient (Wildman–Crippen LogP) is 1.22. The molecule has 1 aromatic carbocycles. The Hall–Kier alpha value is -1.55. The van der Waals surface area contributed by atoms with E-state index in [0.29, 0.717) is 0 Å². The lowest BCUT2D eigenvalue weighted by Gasteiger charge is -2.37. The molecule has 0 saturated carbocycles. The van der Waals surface area contributed by atoms with Crippen molar-refractivity contribution >= 4 is 11.6 Å². The minimum atomic E-state index is 0.0523. The van der Waals surface area contributed by atoms with E-state index in [1.807, 2.05) is 4.90 Å². The summed E-state index contributed by atoms with van der Waals surface area (Å²) in [6.07, 6.45) is 0. The van der Waals surface area contributed by atoms with Crippen LogP contribution in [-0.2, 0) is 4.79 Å². The molecule has 0 spiro atoms. The third kappa shape index (κ3) is 2.89. The molecule has 4 nitrogen and oxygen atoms in total. The number of carbonyl (C=O) groups is 1. The van der Waals surface area contributed by atoms with Crippen LogP contribution in [0.3, 0.4) is 0 Å². The third-order valence-electron chi connectivity index (χ3n) is 3.96. The van der Waals surface area contributed by atoms with E-state index < -0.39 is 0 Å². The Kier molecular flexibility index (Phi) is 4.10. The van der Waals surface area contributed by atoms with E-state index in [1.165, 1.54) is 22.4 Å². The van der Waals surface area contributed by atoms with E-state index in [9.17, 15) is 4.79 Å². The number of piperazine rings is 1. The summed E-state index contributed by atoms with van der Waals surface area (Å²) in [5.74, 6) is 0.0523. The summed E-state index contributed by atoms with van der Waals surface area (Å²) >= 11 is 0. The maximum atomic E-state index is 11.6. The van der Waals surface area contributed by atoms with Gasteiger partial charge in [-0.1, -0.05) is 6.07 Å². The third-order valence-corrected chi connectivity index (χ3v) is 3.96. The fourth-order valence-electron chi connectivity index (χ4n) is 2.61. The second-order valence-corrected chi connectivity index (χ2v) is 5.29. The van der Waals surface area contributed by atoms with Gasteiger partial charge in [0.2, 0.25) is 5.91 Å². The standard InChI is InChI=1S/C15H23N3O/c1-11-8-13(3)14(9-12(11)2)17-4-6-18(7-5-17)15(19)10-16/h8-9H,4-7,10,16H2,1-3H3. The van der Waals surface area contributed by atoms with Gasteiger partial charge in [-0.3, -0.25) is 4.79 Å². The average Bonchev–Trinajstić information content (AvgIpc) is 2.42. The Labute approximate surface area is 115 Å². The SMILES string of the molecule is Cc1cc(C)c(N2CCN(C(=O)CN)CC2)cc1C. The van der Waals surface area contributed by atoms with E-state index in [2.05, 4.69) is 37.8 Å². The number of aryl methyl sites for hydroxylation is 3. The summed E-state index contributed by atoms with van der Waals surface area (Å²) in [5, 5.41) is 0. The topological polar surface area (TPSA) is 49.6 Å². The highest BCUT2D eigenvalue weighted by atomic mass is 16.2. The smallest absolute Gasteiger partial charge is 0.236 e. The number of nitrogens with two attached hydrogens (primary N) is 1. The number of carbonyl (C=O) groups excluding carboxylic acids is 1. The molecule has 1 amide bonds. The quantitative estimate of drug-likeness (QED) is 0.871. The largest absolute Gasteiger partial charge is 0.368 e. The van der Waals surface area contributed by atoms with Crippen LogP contribution in [0, 0.1) is 20.8 Å². The van der Waals surface area contributed by atoms with Gasteiger partial charge in [0.15, 0.2) is 0 Å². The lowest BCUT2D eigenvalue weighted by molar-refractivity contribution is -0.129. The number of nitrogens with zero attached hydrogens (tertiary/aromatic N) is 2. The van der Waals surface area contributed by atoms with Crippen LogP contribution < -0.4 is 10.6 Å². The molecule has 1 heterocycles. The molecule has 1 saturated heterocycles. The maximum Gasteiger partial charge on any atom is 0.236 e. The van der Waals surface area contributed by atoms with Gasteiger partial charge in [-0.15, -0.1) is 0 Å². The number of rotatable bonds is 2. The summed E-state index contributed by atoms with van der Waals surface area (Å²) in [6, 6.07) is 4.49. The first-order chi connectivity index (χ1) is 9.02. The second-order valence-electron chi connectivity index (χ2n) is 5.29. The van der Waals surface area contributed by atoms with Gasteiger partial charge in [0, 0.05) is 31.9 Å². The summed E-state index contributed by atoms with van der Waals surface area (Å²) in [4.78, 5) is 15.8. The van der Waals surface area contributed by atoms with Crippen LogP contribution in [0.1, 0.15) is 16.7 Å². The molecule has 1 aromatic rings. The minimum Gasteiger partial charge on any atom is -0.368 e. The van der Waals surface area contributed by atoms with Gasteiger partial charge in [0.05, 0.1) is 6.54 Å². The fourth-order valence-corrected chi connectivity index (χ4v) is 2.61. The molecular weight excluding hydrogens is 238 g/mol. The normalized spacial score (nSPS) is 15.8. The van der Waals surface area contributed by atoms with Crippen molar-refractivity contribution in [2.45, 2.75) is 20.8 Å². The molecule has 2 rings (SSSR count). The van der Waals surface area contributed by atoms with Crippen LogP contribution in [0.25, 0.3) is 0 Å². The molecule has 0 bridgehead atoms. The summed E-state index contributed by atoms with van der Waals surface area (Å²) in [5.41, 5.74) is 10.7. The molecule has 0 aromatic heterocycles. The highest BCUT2D eigenvalue weighted by molar-refractivity contribution is 5.78. The van der Waals surface area contributed by atoms with Gasteiger partial charge in [0.1, 0.15) is 0 Å². The van der Waals surface area contributed by atoms with Gasteiger partial charge in [-0.25, -0.2) is 0 Å². The van der Waals surface area contributed by atoms with Crippen LogP contribution in [0.2, 0.25) is 0 Å². The number of hydrogen-bond acceptors (Lipinski definition) is 3. The minimum absolute atomic E-state index is 0.0523. The van der Waals surface area contributed by atoms with E-state index in [4.69, 9.17) is 5.73 Å². The Bertz CT molecular complexity index is 477. The molecule has 19 heavy (non-hydrogen) atoms. The maximum absolute atomic E-state index is 11.6. The Morgan fingerprint density at radius 1 is 1.05 bits per heavy atom. The molecule has 1 fully saturated rings. The Balaban J connectivity index is 2.10. The lowest BCUT2D eigenvalue weighted by Crippen LogP contribution is -2.50. The number of anilines is 1. The predicted molar refractivity (Wildman–Crippen MR) is 78.5 cm³/mol. The van der Waals surface area contributed by atoms with Gasteiger partial charge < -0.3 is 15.5 Å². The van der Waals surface area contributed by atoms with Gasteiger partial charge in [-0.05, 0) is 43.5 Å². The van der Waals surface area contributed by atoms with Crippen molar-refractivity contribution in [2.75, 3.05) is 37.6 Å². The van der Waals surface area contributed by atoms with Crippen molar-refractivity contribution in [3.63, 3.8) is 0 Å². The molecule has 0 unspecified atom stereocenters. The fraction of sp³-hybridized carbons (Fsp3) is 0.533. The summed E-state index contributed by atoms with van der Waals surface area (Å²) in [7, 11) is 0. The zero-order valence-corrected chi connectivity index (χ0v) is 12.1. The highest BCUT2D eigenvalue weighted by Crippen LogP contribution is 2.25. The highest BCUT2D eigenvalue weighted by Gasteiger charge is 2.21. The summed E-state index contributed by atoms with van der Waals surface area (Å²) < 4.78 is 0. The zero-order valence-electron chi connectivity index (χ0n) is 12.1. The lowest BCUT2D eigenvalue weighted by atomic mass is 10.0. The van der Waals surface area contributed by atoms with Crippen LogP contribution >= 0.6 is 0 Å². The molecular formula is C15H23N3O. The van der Waals surface area contributed by atoms with Gasteiger partial charge in [0.25, 0.3) is 0 Å². The zero-order chi connectivity index (χ0) is 14.0.